The molecule has 0 spiro atoms. The van der Waals surface area contributed by atoms with Gasteiger partial charge in [0.05, 0.1) is 18.6 Å². The average Bonchev–Trinajstić information content (AvgIpc) is 2.97. The summed E-state index contributed by atoms with van der Waals surface area (Å²) in [7, 11) is 1.06. The number of rotatable bonds is 3. The molecular formula is C13H11F5O2. The van der Waals surface area contributed by atoms with E-state index in [1.54, 1.807) is 0 Å². The first-order chi connectivity index (χ1) is 9.16. The Bertz CT molecular complexity index is 506. The van der Waals surface area contributed by atoms with E-state index in [9.17, 15) is 26.7 Å². The number of esters is 1. The summed E-state index contributed by atoms with van der Waals surface area (Å²) in [5.41, 5.74) is -0.792. The fourth-order valence-corrected chi connectivity index (χ4v) is 2.14. The van der Waals surface area contributed by atoms with Gasteiger partial charge in [-0.25, -0.2) is 8.78 Å². The van der Waals surface area contributed by atoms with Crippen molar-refractivity contribution < 1.29 is 31.5 Å². The van der Waals surface area contributed by atoms with Crippen LogP contribution in [0.3, 0.4) is 0 Å². The second kappa shape index (κ2) is 4.71. The van der Waals surface area contributed by atoms with Gasteiger partial charge in [0.2, 0.25) is 0 Å². The Morgan fingerprint density at radius 2 is 1.80 bits per heavy atom. The van der Waals surface area contributed by atoms with Crippen LogP contribution in [0.25, 0.3) is 0 Å². The first-order valence-electron chi connectivity index (χ1n) is 5.79. The maximum Gasteiger partial charge on any atom is 0.416 e. The second-order valence-corrected chi connectivity index (χ2v) is 4.69. The number of methoxy groups -OCH3 is 1. The average molecular weight is 294 g/mol. The summed E-state index contributed by atoms with van der Waals surface area (Å²) in [4.78, 5) is 11.6. The maximum atomic E-state index is 13.1. The Balaban J connectivity index is 2.29. The molecule has 2 unspecified atom stereocenters. The number of carbonyl (C=O) groups is 1. The van der Waals surface area contributed by atoms with Crippen LogP contribution in [-0.4, -0.2) is 19.0 Å². The predicted octanol–water partition coefficient (Wildman–Crippen LogP) is 3.62. The molecule has 1 aromatic carbocycles. The molecule has 2 atom stereocenters. The van der Waals surface area contributed by atoms with E-state index in [0.29, 0.717) is 0 Å². The molecule has 0 aliphatic heterocycles. The summed E-state index contributed by atoms with van der Waals surface area (Å²) in [5.74, 6) is -6.29. The number of benzene rings is 1. The first kappa shape index (κ1) is 14.7. The highest BCUT2D eigenvalue weighted by Crippen LogP contribution is 2.56. The molecule has 0 radical (unpaired) electrons. The molecule has 0 N–H and O–H groups in total. The van der Waals surface area contributed by atoms with E-state index in [-0.39, 0.29) is 5.56 Å². The van der Waals surface area contributed by atoms with Crippen molar-refractivity contribution in [3.63, 3.8) is 0 Å². The van der Waals surface area contributed by atoms with Crippen LogP contribution in [0.2, 0.25) is 0 Å². The number of hydrogen-bond acceptors (Lipinski definition) is 2. The molecule has 1 aliphatic carbocycles. The van der Waals surface area contributed by atoms with Gasteiger partial charge in [0, 0.05) is 12.3 Å². The van der Waals surface area contributed by atoms with E-state index in [0.717, 1.165) is 31.4 Å². The number of carbonyl (C=O) groups excluding carboxylic acids is 1. The highest BCUT2D eigenvalue weighted by Gasteiger charge is 2.62. The van der Waals surface area contributed by atoms with Crippen molar-refractivity contribution in [2.24, 2.45) is 5.92 Å². The molecule has 20 heavy (non-hydrogen) atoms. The smallest absolute Gasteiger partial charge is 0.416 e. The molecule has 0 saturated heterocycles. The monoisotopic (exact) mass is 294 g/mol. The molecule has 7 heteroatoms. The molecular weight excluding hydrogens is 283 g/mol. The lowest BCUT2D eigenvalue weighted by atomic mass is 9.93. The molecule has 0 amide bonds. The summed E-state index contributed by atoms with van der Waals surface area (Å²) >= 11 is 0. The largest absolute Gasteiger partial charge is 0.469 e. The third-order valence-corrected chi connectivity index (χ3v) is 3.33. The number of ether oxygens (including phenoxy) is 1. The van der Waals surface area contributed by atoms with Gasteiger partial charge in [0.1, 0.15) is 0 Å². The van der Waals surface area contributed by atoms with Gasteiger partial charge in [-0.2, -0.15) is 13.2 Å². The molecule has 1 saturated carbocycles. The Hall–Kier alpha value is -1.66. The van der Waals surface area contributed by atoms with Crippen LogP contribution in [0, 0.1) is 5.92 Å². The fourth-order valence-electron chi connectivity index (χ4n) is 2.14. The van der Waals surface area contributed by atoms with E-state index in [2.05, 4.69) is 4.74 Å². The van der Waals surface area contributed by atoms with Crippen LogP contribution < -0.4 is 0 Å². The molecule has 1 aliphatic rings. The first-order valence-corrected chi connectivity index (χ1v) is 5.79. The van der Waals surface area contributed by atoms with Crippen LogP contribution in [0.15, 0.2) is 24.3 Å². The van der Waals surface area contributed by atoms with Crippen LogP contribution in [-0.2, 0) is 15.7 Å². The Morgan fingerprint density at radius 1 is 1.30 bits per heavy atom. The van der Waals surface area contributed by atoms with Gasteiger partial charge in [-0.05, 0) is 17.7 Å². The number of halogens is 5. The van der Waals surface area contributed by atoms with Crippen molar-refractivity contribution in [1.29, 1.82) is 0 Å². The molecule has 2 nitrogen and oxygen atoms in total. The zero-order chi connectivity index (χ0) is 15.1. The summed E-state index contributed by atoms with van der Waals surface area (Å²) in [6, 6.07) is 3.62. The number of hydrogen-bond donors (Lipinski definition) is 0. The van der Waals surface area contributed by atoms with Crippen molar-refractivity contribution >= 4 is 5.97 Å². The lowest BCUT2D eigenvalue weighted by Gasteiger charge is -2.15. The van der Waals surface area contributed by atoms with E-state index in [1.807, 2.05) is 0 Å². The third kappa shape index (κ3) is 2.76. The van der Waals surface area contributed by atoms with Crippen LogP contribution >= 0.6 is 0 Å². The van der Waals surface area contributed by atoms with Crippen molar-refractivity contribution in [2.75, 3.05) is 7.11 Å². The fraction of sp³-hybridized carbons (Fsp3) is 0.462. The van der Waals surface area contributed by atoms with Crippen LogP contribution in [0.1, 0.15) is 23.5 Å². The molecule has 110 valence electrons. The van der Waals surface area contributed by atoms with Gasteiger partial charge in [0.25, 0.3) is 5.92 Å². The van der Waals surface area contributed by atoms with Gasteiger partial charge < -0.3 is 4.74 Å². The minimum Gasteiger partial charge on any atom is -0.469 e. The summed E-state index contributed by atoms with van der Waals surface area (Å²) < 4.78 is 68.0. The minimum absolute atomic E-state index is 0.104. The Labute approximate surface area is 111 Å². The quantitative estimate of drug-likeness (QED) is 0.628. The van der Waals surface area contributed by atoms with Crippen molar-refractivity contribution in [3.05, 3.63) is 35.4 Å². The summed E-state index contributed by atoms with van der Waals surface area (Å²) in [5, 5.41) is 0. The standard InChI is InChI=1S/C13H11F5O2/c1-20-11(19)10(9-6-12(9,14)15)7-2-4-8(5-3-7)13(16,17)18/h2-5,9-10H,6H2,1H3. The molecule has 0 bridgehead atoms. The van der Waals surface area contributed by atoms with Gasteiger partial charge in [0.15, 0.2) is 0 Å². The topological polar surface area (TPSA) is 26.3 Å². The SMILES string of the molecule is COC(=O)C(c1ccc(C(F)(F)F)cc1)C1CC1(F)F. The lowest BCUT2D eigenvalue weighted by molar-refractivity contribution is -0.143. The molecule has 2 rings (SSSR count). The van der Waals surface area contributed by atoms with Gasteiger partial charge in [-0.3, -0.25) is 4.79 Å². The summed E-state index contributed by atoms with van der Waals surface area (Å²) in [6.07, 6.45) is -4.98. The normalized spacial score (nSPS) is 22.2. The minimum atomic E-state index is -4.51. The molecule has 1 aromatic rings. The van der Waals surface area contributed by atoms with E-state index >= 15 is 0 Å². The lowest BCUT2D eigenvalue weighted by Crippen LogP contribution is -2.19. The van der Waals surface area contributed by atoms with Crippen molar-refractivity contribution in [3.8, 4) is 0 Å². The predicted molar refractivity (Wildman–Crippen MR) is 59.3 cm³/mol. The summed E-state index contributed by atoms with van der Waals surface area (Å²) in [6.45, 7) is 0. The molecule has 1 fully saturated rings. The number of alkyl halides is 5. The third-order valence-electron chi connectivity index (χ3n) is 3.33. The van der Waals surface area contributed by atoms with Crippen LogP contribution in [0.4, 0.5) is 22.0 Å². The zero-order valence-electron chi connectivity index (χ0n) is 10.4. The Morgan fingerprint density at radius 3 is 2.15 bits per heavy atom. The van der Waals surface area contributed by atoms with Gasteiger partial charge in [-0.1, -0.05) is 12.1 Å². The van der Waals surface area contributed by atoms with E-state index in [1.165, 1.54) is 0 Å². The van der Waals surface area contributed by atoms with Gasteiger partial charge in [-0.15, -0.1) is 0 Å². The van der Waals surface area contributed by atoms with Crippen molar-refractivity contribution in [1.82, 2.24) is 0 Å². The zero-order valence-corrected chi connectivity index (χ0v) is 10.4. The highest BCUT2D eigenvalue weighted by atomic mass is 19.4. The Kier molecular flexibility index (Phi) is 3.47. The highest BCUT2D eigenvalue weighted by molar-refractivity contribution is 5.79. The maximum absolute atomic E-state index is 13.1. The second-order valence-electron chi connectivity index (χ2n) is 4.69. The van der Waals surface area contributed by atoms with Crippen LogP contribution in [0.5, 0.6) is 0 Å². The van der Waals surface area contributed by atoms with Gasteiger partial charge >= 0.3 is 12.1 Å². The molecule has 0 heterocycles. The van der Waals surface area contributed by atoms with E-state index < -0.39 is 41.9 Å². The van der Waals surface area contributed by atoms with E-state index in [4.69, 9.17) is 0 Å². The molecule has 0 aromatic heterocycles. The van der Waals surface area contributed by atoms with Crippen molar-refractivity contribution in [2.45, 2.75) is 24.4 Å².